The number of hydrogen-bond donors (Lipinski definition) is 0. The Morgan fingerprint density at radius 2 is 1.30 bits per heavy atom. The fourth-order valence-corrected chi connectivity index (χ4v) is 5.21. The summed E-state index contributed by atoms with van der Waals surface area (Å²) in [4.78, 5) is -0.396. The summed E-state index contributed by atoms with van der Waals surface area (Å²) in [5.41, 5.74) is 10.9. The minimum absolute atomic E-state index is 0.0798. The zero-order valence-electron chi connectivity index (χ0n) is 24.1. The maximum atomic E-state index is 6.97. The molecule has 3 rings (SSSR count). The number of allylic oxidation sites excluding steroid dienone is 1. The van der Waals surface area contributed by atoms with Crippen molar-refractivity contribution in [2.45, 2.75) is 91.9 Å². The topological polar surface area (TPSA) is 0 Å². The van der Waals surface area contributed by atoms with Gasteiger partial charge in [0.2, 0.25) is 0 Å². The molecular formula is C34H43Cl3. The number of halogens is 3. The maximum absolute atomic E-state index is 6.97. The van der Waals surface area contributed by atoms with Crippen molar-refractivity contribution < 1.29 is 0 Å². The average molecular weight is 558 g/mol. The molecule has 3 aromatic carbocycles. The molecule has 1 atom stereocenters. The molecule has 0 amide bonds. The number of hydrogen-bond acceptors (Lipinski definition) is 0. The van der Waals surface area contributed by atoms with Gasteiger partial charge in [-0.15, -0.1) is 11.6 Å². The third-order valence-corrected chi connectivity index (χ3v) is 8.17. The Bertz CT molecular complexity index is 1240. The van der Waals surface area contributed by atoms with Gasteiger partial charge in [0.1, 0.15) is 0 Å². The van der Waals surface area contributed by atoms with Gasteiger partial charge in [0, 0.05) is 10.0 Å². The lowest BCUT2D eigenvalue weighted by atomic mass is 9.78. The van der Waals surface area contributed by atoms with E-state index in [2.05, 4.69) is 85.4 Å². The fourth-order valence-electron chi connectivity index (χ4n) is 4.43. The SMILES string of the molecule is C=C(Cc1cc(C(C)(C)C)c(CC)cc1C(C)(Cl)CC)c1ccc(C)cc1Cl.Cc1ccc(C)c(Cl)c1. The van der Waals surface area contributed by atoms with Crippen LogP contribution in [0, 0.1) is 20.8 Å². The molecule has 0 nitrogen and oxygen atoms in total. The third kappa shape index (κ3) is 8.38. The molecular weight excluding hydrogens is 515 g/mol. The van der Waals surface area contributed by atoms with Crippen LogP contribution in [0.1, 0.15) is 92.5 Å². The Balaban J connectivity index is 0.000000449. The molecule has 0 aromatic heterocycles. The van der Waals surface area contributed by atoms with Crippen LogP contribution in [0.25, 0.3) is 5.57 Å². The van der Waals surface area contributed by atoms with Crippen molar-refractivity contribution in [2.24, 2.45) is 0 Å². The van der Waals surface area contributed by atoms with Crippen LogP contribution in [-0.4, -0.2) is 0 Å². The van der Waals surface area contributed by atoms with Crippen LogP contribution in [0.3, 0.4) is 0 Å². The zero-order valence-corrected chi connectivity index (χ0v) is 26.3. The fraction of sp³-hybridized carbons (Fsp3) is 0.412. The Hall–Kier alpha value is -1.73. The van der Waals surface area contributed by atoms with E-state index in [0.29, 0.717) is 0 Å². The number of alkyl halides is 1. The normalized spacial score (nSPS) is 13.0. The Morgan fingerprint density at radius 1 is 0.757 bits per heavy atom. The van der Waals surface area contributed by atoms with Crippen molar-refractivity contribution in [3.63, 3.8) is 0 Å². The first-order valence-electron chi connectivity index (χ1n) is 13.1. The summed E-state index contributed by atoms with van der Waals surface area (Å²) in [7, 11) is 0. The number of rotatable bonds is 6. The molecule has 200 valence electrons. The molecule has 0 N–H and O–H groups in total. The van der Waals surface area contributed by atoms with E-state index in [1.807, 2.05) is 32.0 Å². The van der Waals surface area contributed by atoms with Crippen LogP contribution >= 0.6 is 34.8 Å². The van der Waals surface area contributed by atoms with Gasteiger partial charge in [-0.25, -0.2) is 0 Å². The number of benzene rings is 3. The zero-order chi connectivity index (χ0) is 28.1. The van der Waals surface area contributed by atoms with Gasteiger partial charge >= 0.3 is 0 Å². The van der Waals surface area contributed by atoms with Gasteiger partial charge in [-0.2, -0.15) is 0 Å². The van der Waals surface area contributed by atoms with Crippen LogP contribution in [0.2, 0.25) is 10.0 Å². The van der Waals surface area contributed by atoms with Gasteiger partial charge in [0.05, 0.1) is 4.87 Å². The van der Waals surface area contributed by atoms with Crippen molar-refractivity contribution in [1.82, 2.24) is 0 Å². The summed E-state index contributed by atoms with van der Waals surface area (Å²) in [5, 5.41) is 1.62. The minimum Gasteiger partial charge on any atom is -0.114 e. The molecule has 37 heavy (non-hydrogen) atoms. The molecule has 0 aliphatic heterocycles. The average Bonchev–Trinajstić information content (AvgIpc) is 2.81. The summed E-state index contributed by atoms with van der Waals surface area (Å²) in [6.45, 7) is 23.8. The van der Waals surface area contributed by atoms with E-state index in [4.69, 9.17) is 34.8 Å². The van der Waals surface area contributed by atoms with Crippen molar-refractivity contribution in [3.8, 4) is 0 Å². The molecule has 0 radical (unpaired) electrons. The van der Waals surface area contributed by atoms with Gasteiger partial charge in [-0.05, 0) is 115 Å². The first-order chi connectivity index (χ1) is 17.1. The van der Waals surface area contributed by atoms with Gasteiger partial charge in [-0.1, -0.05) is 101 Å². The molecule has 0 fully saturated rings. The molecule has 0 aliphatic rings. The summed E-state index contributed by atoms with van der Waals surface area (Å²) < 4.78 is 0. The first kappa shape index (κ1) is 31.5. The lowest BCUT2D eigenvalue weighted by molar-refractivity contribution is 0.578. The Morgan fingerprint density at radius 3 is 1.76 bits per heavy atom. The van der Waals surface area contributed by atoms with Crippen LogP contribution in [0.15, 0.2) is 55.1 Å². The van der Waals surface area contributed by atoms with Crippen LogP contribution < -0.4 is 0 Å². The van der Waals surface area contributed by atoms with Gasteiger partial charge in [-0.3, -0.25) is 0 Å². The predicted molar refractivity (Wildman–Crippen MR) is 168 cm³/mol. The van der Waals surface area contributed by atoms with Crippen molar-refractivity contribution in [1.29, 1.82) is 0 Å². The van der Waals surface area contributed by atoms with E-state index >= 15 is 0 Å². The highest BCUT2D eigenvalue weighted by molar-refractivity contribution is 6.32. The van der Waals surface area contributed by atoms with Crippen LogP contribution in [-0.2, 0) is 23.1 Å². The highest BCUT2D eigenvalue weighted by Crippen LogP contribution is 2.40. The van der Waals surface area contributed by atoms with Gasteiger partial charge < -0.3 is 0 Å². The smallest absolute Gasteiger partial charge is 0.0667 e. The van der Waals surface area contributed by atoms with E-state index in [0.717, 1.165) is 51.6 Å². The first-order valence-corrected chi connectivity index (χ1v) is 14.3. The van der Waals surface area contributed by atoms with Crippen LogP contribution in [0.5, 0.6) is 0 Å². The molecule has 3 heteroatoms. The second-order valence-corrected chi connectivity index (χ2v) is 13.0. The van der Waals surface area contributed by atoms with Crippen molar-refractivity contribution in [3.05, 3.63) is 110 Å². The van der Waals surface area contributed by atoms with E-state index in [1.165, 1.54) is 27.8 Å². The summed E-state index contributed by atoms with van der Waals surface area (Å²) in [6.07, 6.45) is 2.62. The number of aryl methyl sites for hydroxylation is 4. The molecule has 0 heterocycles. The highest BCUT2D eigenvalue weighted by atomic mass is 35.5. The summed E-state index contributed by atoms with van der Waals surface area (Å²) in [6, 6.07) is 16.9. The maximum Gasteiger partial charge on any atom is 0.0667 e. The van der Waals surface area contributed by atoms with E-state index in [-0.39, 0.29) is 5.41 Å². The molecule has 0 bridgehead atoms. The third-order valence-electron chi connectivity index (χ3n) is 6.98. The quantitative estimate of drug-likeness (QED) is 0.264. The Kier molecular flexibility index (Phi) is 11.0. The largest absolute Gasteiger partial charge is 0.114 e. The van der Waals surface area contributed by atoms with E-state index in [1.54, 1.807) is 0 Å². The molecule has 3 aromatic rings. The van der Waals surface area contributed by atoms with Crippen molar-refractivity contribution >= 4 is 40.4 Å². The highest BCUT2D eigenvalue weighted by Gasteiger charge is 2.28. The monoisotopic (exact) mass is 556 g/mol. The second kappa shape index (κ2) is 12.9. The summed E-state index contributed by atoms with van der Waals surface area (Å²) >= 11 is 19.3. The minimum atomic E-state index is -0.396. The molecule has 0 aliphatic carbocycles. The summed E-state index contributed by atoms with van der Waals surface area (Å²) in [5.74, 6) is 0. The van der Waals surface area contributed by atoms with Crippen molar-refractivity contribution in [2.75, 3.05) is 0 Å². The van der Waals surface area contributed by atoms with E-state index in [9.17, 15) is 0 Å². The molecule has 0 saturated heterocycles. The molecule has 0 saturated carbocycles. The Labute approximate surface area is 241 Å². The second-order valence-electron chi connectivity index (χ2n) is 11.3. The predicted octanol–water partition coefficient (Wildman–Crippen LogP) is 11.6. The van der Waals surface area contributed by atoms with Gasteiger partial charge in [0.25, 0.3) is 0 Å². The standard InChI is InChI=1S/C26H34Cl2.C8H9Cl/c1-9-19-15-23(26(8,28)10-2)20(16-22(19)25(5,6)7)14-18(4)21-12-11-17(3)13-24(21)27;1-6-3-4-7(2)8(9)5-6/h11-13,15-16H,4,9-10,14H2,1-3,5-8H3;3-5H,1-2H3. The molecule has 0 spiro atoms. The molecule has 1 unspecified atom stereocenters. The lowest BCUT2D eigenvalue weighted by Gasteiger charge is -2.30. The van der Waals surface area contributed by atoms with Gasteiger partial charge in [0.15, 0.2) is 0 Å². The van der Waals surface area contributed by atoms with E-state index < -0.39 is 4.87 Å². The lowest BCUT2D eigenvalue weighted by Crippen LogP contribution is -2.20. The van der Waals surface area contributed by atoms with Crippen LogP contribution in [0.4, 0.5) is 0 Å².